The van der Waals surface area contributed by atoms with Gasteiger partial charge in [0.15, 0.2) is 0 Å². The van der Waals surface area contributed by atoms with Crippen molar-refractivity contribution in [3.63, 3.8) is 0 Å². The van der Waals surface area contributed by atoms with Gasteiger partial charge < -0.3 is 5.73 Å². The summed E-state index contributed by atoms with van der Waals surface area (Å²) in [6.07, 6.45) is 1.04. The number of benzene rings is 1. The summed E-state index contributed by atoms with van der Waals surface area (Å²) in [5.41, 5.74) is 6.69. The summed E-state index contributed by atoms with van der Waals surface area (Å²) in [4.78, 5) is 10.2. The van der Waals surface area contributed by atoms with E-state index in [0.717, 1.165) is 12.3 Å². The van der Waals surface area contributed by atoms with Gasteiger partial charge in [0.05, 0.1) is 6.21 Å². The normalized spacial score (nSPS) is 10.6. The molecule has 0 radical (unpaired) electrons. The highest BCUT2D eigenvalue weighted by Crippen LogP contribution is 2.15. The molecule has 0 aliphatic heterocycles. The number of nitrogens with one attached hydrogen (secondary N) is 1. The third-order valence-corrected chi connectivity index (χ3v) is 2.24. The van der Waals surface area contributed by atoms with Gasteiger partial charge in [-0.3, -0.25) is 0 Å². The number of hydrogen-bond donors (Lipinski definition) is 2. The topological polar surface area (TPSA) is 67.5 Å². The van der Waals surface area contributed by atoms with Crippen molar-refractivity contribution >= 4 is 34.8 Å². The molecule has 0 heterocycles. The van der Waals surface area contributed by atoms with Gasteiger partial charge in [-0.15, -0.1) is 0 Å². The van der Waals surface area contributed by atoms with E-state index in [-0.39, 0.29) is 9.13 Å². The highest BCUT2D eigenvalue weighted by Gasteiger charge is 2.06. The summed E-state index contributed by atoms with van der Waals surface area (Å²) in [5, 5.41) is 3.36. The maximum Gasteiger partial charge on any atom is 0.332 e. The quantitative estimate of drug-likeness (QED) is 0.369. The summed E-state index contributed by atoms with van der Waals surface area (Å²) >= 11 is 1.72. The van der Waals surface area contributed by atoms with Crippen molar-refractivity contribution in [2.75, 3.05) is 0 Å². The molecule has 0 saturated carbocycles. The van der Waals surface area contributed by atoms with Crippen LogP contribution in [0.3, 0.4) is 0 Å². The Morgan fingerprint density at radius 3 is 2.73 bits per heavy atom. The molecule has 0 bridgehead atoms. The second-order valence-corrected chi connectivity index (χ2v) is 3.68. The average Bonchev–Trinajstić information content (AvgIpc) is 2.13. The number of nitrogens with zero attached hydrogens (tertiary/aromatic N) is 1. The third kappa shape index (κ3) is 3.42. The van der Waals surface area contributed by atoms with Gasteiger partial charge in [-0.2, -0.15) is 5.10 Å². The Balaban J connectivity index is 2.90. The third-order valence-electron chi connectivity index (χ3n) is 1.42. The summed E-state index contributed by atoms with van der Waals surface area (Å²) in [6, 6.07) is 1.15. The summed E-state index contributed by atoms with van der Waals surface area (Å²) in [6.45, 7) is 0. The molecule has 3 N–H and O–H groups in total. The Kier molecular flexibility index (Phi) is 3.95. The minimum absolute atomic E-state index is 0.0644. The first-order chi connectivity index (χ1) is 7.00. The highest BCUT2D eigenvalue weighted by molar-refractivity contribution is 14.1. The van der Waals surface area contributed by atoms with Crippen molar-refractivity contribution in [3.8, 4) is 0 Å². The molecule has 1 aromatic carbocycles. The number of nitrogens with two attached hydrogens (primary N) is 1. The molecule has 1 aromatic rings. The Labute approximate surface area is 97.7 Å². The van der Waals surface area contributed by atoms with Crippen LogP contribution in [0.15, 0.2) is 17.2 Å². The highest BCUT2D eigenvalue weighted by atomic mass is 127. The number of carbonyl (C=O) groups excluding carboxylic acids is 1. The summed E-state index contributed by atoms with van der Waals surface area (Å²) in [5.74, 6) is -1.41. The fraction of sp³-hybridized carbons (Fsp3) is 0. The van der Waals surface area contributed by atoms with Crippen molar-refractivity contribution in [1.29, 1.82) is 0 Å². The van der Waals surface area contributed by atoms with E-state index in [1.165, 1.54) is 6.07 Å². The minimum atomic E-state index is -0.858. The van der Waals surface area contributed by atoms with Gasteiger partial charge in [0.2, 0.25) is 0 Å². The van der Waals surface area contributed by atoms with Crippen molar-refractivity contribution in [2.45, 2.75) is 0 Å². The number of carbonyl (C=O) groups is 1. The number of urea groups is 1. The second-order valence-electron chi connectivity index (χ2n) is 2.52. The first-order valence-electron chi connectivity index (χ1n) is 3.73. The van der Waals surface area contributed by atoms with E-state index in [9.17, 15) is 13.6 Å². The largest absolute Gasteiger partial charge is 0.350 e. The predicted molar refractivity (Wildman–Crippen MR) is 59.4 cm³/mol. The van der Waals surface area contributed by atoms with Gasteiger partial charge in [0.1, 0.15) is 11.6 Å². The van der Waals surface area contributed by atoms with Crippen LogP contribution in [0.4, 0.5) is 13.6 Å². The predicted octanol–water partition coefficient (Wildman–Crippen LogP) is 1.57. The molecule has 0 saturated heterocycles. The van der Waals surface area contributed by atoms with Crippen LogP contribution in [-0.4, -0.2) is 12.2 Å². The number of rotatable bonds is 2. The van der Waals surface area contributed by atoms with Crippen LogP contribution in [0.25, 0.3) is 0 Å². The van der Waals surface area contributed by atoms with Gasteiger partial charge in [0.25, 0.3) is 0 Å². The first-order valence-corrected chi connectivity index (χ1v) is 4.81. The number of hydrazone groups is 1. The molecule has 0 atom stereocenters. The van der Waals surface area contributed by atoms with Crippen LogP contribution in [0.2, 0.25) is 0 Å². The maximum absolute atomic E-state index is 13.1. The van der Waals surface area contributed by atoms with Crippen LogP contribution < -0.4 is 11.2 Å². The number of primary amides is 1. The zero-order valence-corrected chi connectivity index (χ0v) is 9.46. The van der Waals surface area contributed by atoms with Crippen LogP contribution in [0.1, 0.15) is 5.56 Å². The Morgan fingerprint density at radius 2 is 2.13 bits per heavy atom. The van der Waals surface area contributed by atoms with E-state index in [1.807, 2.05) is 5.43 Å². The molecular formula is C8H6F2IN3O. The number of halogens is 3. The molecule has 7 heteroatoms. The lowest BCUT2D eigenvalue weighted by molar-refractivity contribution is 0.249. The molecule has 4 nitrogen and oxygen atoms in total. The number of amides is 2. The zero-order chi connectivity index (χ0) is 11.4. The van der Waals surface area contributed by atoms with Crippen LogP contribution in [-0.2, 0) is 0 Å². The Morgan fingerprint density at radius 1 is 1.47 bits per heavy atom. The lowest BCUT2D eigenvalue weighted by atomic mass is 10.2. The lowest BCUT2D eigenvalue weighted by Gasteiger charge is -1.99. The fourth-order valence-corrected chi connectivity index (χ4v) is 1.29. The Bertz CT molecular complexity index is 423. The van der Waals surface area contributed by atoms with Gasteiger partial charge in [0, 0.05) is 15.2 Å². The molecule has 80 valence electrons. The Hall–Kier alpha value is -1.25. The molecule has 0 aromatic heterocycles. The van der Waals surface area contributed by atoms with Crippen molar-refractivity contribution < 1.29 is 13.6 Å². The molecule has 0 spiro atoms. The van der Waals surface area contributed by atoms with E-state index in [1.54, 1.807) is 22.6 Å². The van der Waals surface area contributed by atoms with E-state index in [0.29, 0.717) is 0 Å². The van der Waals surface area contributed by atoms with E-state index in [4.69, 9.17) is 5.73 Å². The van der Waals surface area contributed by atoms with Crippen molar-refractivity contribution in [1.82, 2.24) is 5.43 Å². The van der Waals surface area contributed by atoms with Gasteiger partial charge in [-0.1, -0.05) is 0 Å². The SMILES string of the molecule is NC(=O)NN=Cc1cc(I)c(F)cc1F. The van der Waals surface area contributed by atoms with Crippen molar-refractivity contribution in [3.05, 3.63) is 32.9 Å². The van der Waals surface area contributed by atoms with E-state index < -0.39 is 17.7 Å². The zero-order valence-electron chi connectivity index (χ0n) is 7.30. The molecule has 0 fully saturated rings. The van der Waals surface area contributed by atoms with Crippen LogP contribution in [0, 0.1) is 15.2 Å². The van der Waals surface area contributed by atoms with E-state index in [2.05, 4.69) is 5.10 Å². The minimum Gasteiger partial charge on any atom is -0.350 e. The molecule has 0 unspecified atom stereocenters. The molecular weight excluding hydrogens is 319 g/mol. The van der Waals surface area contributed by atoms with Crippen LogP contribution in [0.5, 0.6) is 0 Å². The average molecular weight is 325 g/mol. The van der Waals surface area contributed by atoms with E-state index >= 15 is 0 Å². The summed E-state index contributed by atoms with van der Waals surface area (Å²) in [7, 11) is 0. The van der Waals surface area contributed by atoms with Crippen LogP contribution >= 0.6 is 22.6 Å². The monoisotopic (exact) mass is 325 g/mol. The summed E-state index contributed by atoms with van der Waals surface area (Å²) < 4.78 is 26.2. The smallest absolute Gasteiger partial charge is 0.332 e. The number of hydrogen-bond acceptors (Lipinski definition) is 2. The van der Waals surface area contributed by atoms with Crippen molar-refractivity contribution in [2.24, 2.45) is 10.8 Å². The van der Waals surface area contributed by atoms with Gasteiger partial charge >= 0.3 is 6.03 Å². The van der Waals surface area contributed by atoms with Gasteiger partial charge in [-0.25, -0.2) is 19.0 Å². The molecule has 0 aliphatic carbocycles. The standard InChI is InChI=1S/C8H6F2IN3O/c9-5-2-6(10)7(11)1-4(5)3-13-14-8(12)15/h1-3H,(H3,12,14,15). The fourth-order valence-electron chi connectivity index (χ4n) is 0.802. The molecule has 15 heavy (non-hydrogen) atoms. The molecule has 0 aliphatic rings. The lowest BCUT2D eigenvalue weighted by Crippen LogP contribution is -2.24. The van der Waals surface area contributed by atoms with Gasteiger partial charge in [-0.05, 0) is 28.7 Å². The second kappa shape index (κ2) is 5.01. The first kappa shape index (κ1) is 11.8. The molecule has 2 amide bonds. The maximum atomic E-state index is 13.1. The molecule has 1 rings (SSSR count).